The normalized spacial score (nSPS) is 11.0. The van der Waals surface area contributed by atoms with E-state index in [9.17, 15) is 22.8 Å². The summed E-state index contributed by atoms with van der Waals surface area (Å²) in [5.74, 6) is -1.17. The van der Waals surface area contributed by atoms with Crippen LogP contribution in [0.1, 0.15) is 22.4 Å². The second kappa shape index (κ2) is 9.63. The highest BCUT2D eigenvalue weighted by Crippen LogP contribution is 2.35. The van der Waals surface area contributed by atoms with Gasteiger partial charge < -0.3 is 10.2 Å². The minimum absolute atomic E-state index is 0.0853. The van der Waals surface area contributed by atoms with Gasteiger partial charge in [-0.3, -0.25) is 9.59 Å². The summed E-state index contributed by atoms with van der Waals surface area (Å²) in [6.07, 6.45) is -4.71. The Morgan fingerprint density at radius 2 is 1.87 bits per heavy atom. The first-order chi connectivity index (χ1) is 14.0. The van der Waals surface area contributed by atoms with Gasteiger partial charge in [0.1, 0.15) is 11.1 Å². The van der Waals surface area contributed by atoms with Gasteiger partial charge in [-0.15, -0.1) is 0 Å². The monoisotopic (exact) mass is 436 g/mol. The lowest BCUT2D eigenvalue weighted by Gasteiger charge is -2.17. The van der Waals surface area contributed by atoms with Crippen LogP contribution in [0.3, 0.4) is 0 Å². The van der Waals surface area contributed by atoms with Gasteiger partial charge in [-0.05, 0) is 32.0 Å². The molecular weight excluding hydrogens is 417 g/mol. The average Bonchev–Trinajstić information content (AvgIpc) is 2.66. The highest BCUT2D eigenvalue weighted by Gasteiger charge is 2.35. The van der Waals surface area contributed by atoms with Crippen molar-refractivity contribution in [3.05, 3.63) is 52.7 Å². The Bertz CT molecular complexity index is 985. The van der Waals surface area contributed by atoms with Crippen molar-refractivity contribution in [2.24, 2.45) is 0 Å². The summed E-state index contributed by atoms with van der Waals surface area (Å²) in [7, 11) is 1.41. The molecule has 2 aromatic rings. The van der Waals surface area contributed by atoms with Crippen molar-refractivity contribution in [1.82, 2.24) is 9.88 Å². The third kappa shape index (κ3) is 6.22. The molecule has 0 radical (unpaired) electrons. The van der Waals surface area contributed by atoms with Gasteiger partial charge in [0, 0.05) is 18.4 Å². The Balaban J connectivity index is 2.01. The number of pyridine rings is 1. The van der Waals surface area contributed by atoms with Crippen molar-refractivity contribution in [2.45, 2.75) is 25.0 Å². The Labute approximate surface area is 176 Å². The molecule has 1 heterocycles. The molecule has 1 N–H and O–H groups in total. The number of aryl methyl sites for hydroxylation is 2. The van der Waals surface area contributed by atoms with Crippen LogP contribution in [0.5, 0.6) is 0 Å². The van der Waals surface area contributed by atoms with Gasteiger partial charge in [0.15, 0.2) is 0 Å². The predicted molar refractivity (Wildman–Crippen MR) is 107 cm³/mol. The smallest absolute Gasteiger partial charge is 0.336 e. The number of carbonyl (C=O) groups excluding carboxylic acids is 2. The number of alkyl halides is 3. The zero-order valence-electron chi connectivity index (χ0n) is 16.5. The third-order valence-electron chi connectivity index (χ3n) is 4.01. The molecule has 1 aromatic heterocycles. The summed E-state index contributed by atoms with van der Waals surface area (Å²) in [6, 6.07) is 9.45. The zero-order chi connectivity index (χ0) is 22.5. The molecular formula is C20H19F3N4O2S. The van der Waals surface area contributed by atoms with Crippen LogP contribution >= 0.6 is 11.8 Å². The Morgan fingerprint density at radius 1 is 1.23 bits per heavy atom. The van der Waals surface area contributed by atoms with E-state index >= 15 is 0 Å². The summed E-state index contributed by atoms with van der Waals surface area (Å²) >= 11 is 0.729. The van der Waals surface area contributed by atoms with E-state index in [0.717, 1.165) is 28.3 Å². The van der Waals surface area contributed by atoms with Crippen molar-refractivity contribution < 1.29 is 22.8 Å². The molecule has 6 nitrogen and oxygen atoms in total. The summed E-state index contributed by atoms with van der Waals surface area (Å²) in [5, 5.41) is 11.6. The van der Waals surface area contributed by atoms with Gasteiger partial charge in [0.05, 0.1) is 23.4 Å². The zero-order valence-corrected chi connectivity index (χ0v) is 17.3. The van der Waals surface area contributed by atoms with E-state index in [4.69, 9.17) is 5.26 Å². The van der Waals surface area contributed by atoms with E-state index in [0.29, 0.717) is 5.69 Å². The van der Waals surface area contributed by atoms with Crippen LogP contribution in [0.15, 0.2) is 35.4 Å². The number of rotatable bonds is 6. The highest BCUT2D eigenvalue weighted by molar-refractivity contribution is 8.00. The van der Waals surface area contributed by atoms with Gasteiger partial charge in [-0.2, -0.15) is 18.4 Å². The molecule has 0 spiro atoms. The maximum atomic E-state index is 13.2. The lowest BCUT2D eigenvalue weighted by atomic mass is 10.1. The second-order valence-corrected chi connectivity index (χ2v) is 7.52. The summed E-state index contributed by atoms with van der Waals surface area (Å²) < 4.78 is 39.5. The molecule has 0 unspecified atom stereocenters. The largest absolute Gasteiger partial charge is 0.417 e. The molecule has 0 saturated carbocycles. The SMILES string of the molecule is Cc1ccc(NC(=O)CN(C)C(=O)CSc2nc(C)cc(C(F)(F)F)c2C#N)cc1. The van der Waals surface area contributed by atoms with Crippen LogP contribution in [0.4, 0.5) is 18.9 Å². The molecule has 0 saturated heterocycles. The maximum Gasteiger partial charge on any atom is 0.417 e. The van der Waals surface area contributed by atoms with Crippen LogP contribution in [0.25, 0.3) is 0 Å². The van der Waals surface area contributed by atoms with E-state index in [1.54, 1.807) is 12.1 Å². The first-order valence-corrected chi connectivity index (χ1v) is 9.72. The van der Waals surface area contributed by atoms with Gasteiger partial charge in [0.25, 0.3) is 0 Å². The molecule has 0 atom stereocenters. The number of nitrogens with one attached hydrogen (secondary N) is 1. The number of likely N-dealkylation sites (N-methyl/N-ethyl adjacent to an activating group) is 1. The molecule has 158 valence electrons. The van der Waals surface area contributed by atoms with Crippen molar-refractivity contribution in [3.63, 3.8) is 0 Å². The predicted octanol–water partition coefficient (Wildman–Crippen LogP) is 3.78. The number of nitriles is 1. The summed E-state index contributed by atoms with van der Waals surface area (Å²) in [5.41, 5.74) is 0.00155. The Morgan fingerprint density at radius 3 is 2.43 bits per heavy atom. The summed E-state index contributed by atoms with van der Waals surface area (Å²) in [4.78, 5) is 29.5. The molecule has 0 aliphatic carbocycles. The minimum Gasteiger partial charge on any atom is -0.336 e. The molecule has 0 aliphatic rings. The van der Waals surface area contributed by atoms with Crippen molar-refractivity contribution in [2.75, 3.05) is 24.7 Å². The number of nitrogens with zero attached hydrogens (tertiary/aromatic N) is 3. The maximum absolute atomic E-state index is 13.2. The van der Waals surface area contributed by atoms with E-state index in [2.05, 4.69) is 10.3 Å². The van der Waals surface area contributed by atoms with E-state index in [1.165, 1.54) is 20.0 Å². The first-order valence-electron chi connectivity index (χ1n) is 8.73. The number of benzene rings is 1. The number of hydrogen-bond donors (Lipinski definition) is 1. The quantitative estimate of drug-likeness (QED) is 0.697. The third-order valence-corrected chi connectivity index (χ3v) is 4.97. The van der Waals surface area contributed by atoms with Crippen molar-refractivity contribution >= 4 is 29.3 Å². The fourth-order valence-corrected chi connectivity index (χ4v) is 3.45. The van der Waals surface area contributed by atoms with Gasteiger partial charge in [-0.1, -0.05) is 29.5 Å². The molecule has 10 heteroatoms. The first kappa shape index (κ1) is 23.2. The number of halogens is 3. The molecule has 0 aliphatic heterocycles. The average molecular weight is 436 g/mol. The molecule has 2 rings (SSSR count). The lowest BCUT2D eigenvalue weighted by Crippen LogP contribution is -2.36. The number of carbonyl (C=O) groups is 2. The minimum atomic E-state index is -4.71. The number of thioether (sulfide) groups is 1. The van der Waals surface area contributed by atoms with Crippen LogP contribution in [-0.4, -0.2) is 41.0 Å². The van der Waals surface area contributed by atoms with E-state index < -0.39 is 29.1 Å². The van der Waals surface area contributed by atoms with Gasteiger partial charge in [-0.25, -0.2) is 4.98 Å². The van der Waals surface area contributed by atoms with Crippen molar-refractivity contribution in [3.8, 4) is 6.07 Å². The number of hydrogen-bond acceptors (Lipinski definition) is 5. The standard InChI is InChI=1S/C20H19F3N4O2S/c1-12-4-6-14(7-5-12)26-17(28)10-27(3)18(29)11-30-19-15(9-24)16(20(21,22)23)8-13(2)25-19/h4-8H,10-11H2,1-3H3,(H,26,28). The fraction of sp³-hybridized carbons (Fsp3) is 0.300. The Kier molecular flexibility index (Phi) is 7.45. The van der Waals surface area contributed by atoms with E-state index in [-0.39, 0.29) is 23.0 Å². The number of amides is 2. The van der Waals surface area contributed by atoms with Gasteiger partial charge >= 0.3 is 6.18 Å². The fourth-order valence-electron chi connectivity index (χ4n) is 2.46. The molecule has 2 amide bonds. The topological polar surface area (TPSA) is 86.1 Å². The van der Waals surface area contributed by atoms with Crippen LogP contribution in [0.2, 0.25) is 0 Å². The lowest BCUT2D eigenvalue weighted by molar-refractivity contribution is -0.138. The summed E-state index contributed by atoms with van der Waals surface area (Å²) in [6.45, 7) is 3.06. The van der Waals surface area contributed by atoms with Crippen LogP contribution in [-0.2, 0) is 15.8 Å². The molecule has 1 aromatic carbocycles. The highest BCUT2D eigenvalue weighted by atomic mass is 32.2. The number of aromatic nitrogens is 1. The van der Waals surface area contributed by atoms with Gasteiger partial charge in [0.2, 0.25) is 11.8 Å². The Hall–Kier alpha value is -3.06. The van der Waals surface area contributed by atoms with Crippen LogP contribution < -0.4 is 5.32 Å². The molecule has 30 heavy (non-hydrogen) atoms. The van der Waals surface area contributed by atoms with Crippen LogP contribution in [0, 0.1) is 25.2 Å². The van der Waals surface area contributed by atoms with Crippen molar-refractivity contribution in [1.29, 1.82) is 5.26 Å². The van der Waals surface area contributed by atoms with E-state index in [1.807, 2.05) is 19.1 Å². The molecule has 0 bridgehead atoms. The number of anilines is 1. The molecule has 0 fully saturated rings. The second-order valence-electron chi connectivity index (χ2n) is 6.55.